The molecule has 27 heavy (non-hydrogen) atoms. The van der Waals surface area contributed by atoms with Gasteiger partial charge in [0, 0.05) is 0 Å². The molecule has 0 aliphatic carbocycles. The van der Waals surface area contributed by atoms with Gasteiger partial charge in [-0.3, -0.25) is 15.1 Å². The lowest BCUT2D eigenvalue weighted by molar-refractivity contribution is -0.123. The second-order valence-electron chi connectivity index (χ2n) is 6.37. The molecule has 5 heteroatoms. The van der Waals surface area contributed by atoms with Crippen molar-refractivity contribution in [3.63, 3.8) is 0 Å². The first-order valence-corrected chi connectivity index (χ1v) is 11.7. The highest BCUT2D eigenvalue weighted by atomic mass is 32.2. The summed E-state index contributed by atoms with van der Waals surface area (Å²) in [4.78, 5) is 14.2. The molecule has 1 saturated heterocycles. The van der Waals surface area contributed by atoms with Crippen LogP contribution in [0.2, 0.25) is 0 Å². The predicted octanol–water partition coefficient (Wildman–Crippen LogP) is 3.45. The highest BCUT2D eigenvalue weighted by molar-refractivity contribution is 8.15. The molecule has 3 nitrogen and oxygen atoms in total. The maximum Gasteiger partial charge on any atom is 0.241 e. The van der Waals surface area contributed by atoms with E-state index >= 15 is 0 Å². The summed E-state index contributed by atoms with van der Waals surface area (Å²) in [6.07, 6.45) is 0.524. The molecule has 1 fully saturated rings. The molecule has 0 saturated carbocycles. The third-order valence-electron chi connectivity index (χ3n) is 4.82. The van der Waals surface area contributed by atoms with E-state index in [9.17, 15) is 4.79 Å². The summed E-state index contributed by atoms with van der Waals surface area (Å²) in [5, 5.41) is 12.3. The van der Waals surface area contributed by atoms with Crippen LogP contribution in [-0.4, -0.2) is 28.0 Å². The molecule has 0 radical (unpaired) electrons. The molecule has 1 aliphatic heterocycles. The Morgan fingerprint density at radius 3 is 1.52 bits per heavy atom. The van der Waals surface area contributed by atoms with Crippen molar-refractivity contribution < 1.29 is 4.79 Å². The van der Waals surface area contributed by atoms with E-state index in [-0.39, 0.29) is 5.91 Å². The van der Waals surface area contributed by atoms with E-state index in [1.165, 1.54) is 27.7 Å². The van der Waals surface area contributed by atoms with Gasteiger partial charge in [-0.05, 0) is 36.4 Å². The predicted molar refractivity (Wildman–Crippen MR) is 117 cm³/mol. The summed E-state index contributed by atoms with van der Waals surface area (Å²) >= 11 is 1.32. The highest BCUT2D eigenvalue weighted by Gasteiger charge is 2.49. The minimum Gasteiger partial charge on any atom is -0.278 e. The Kier molecular flexibility index (Phi) is 5.11. The number of thioether (sulfide) groups is 1. The van der Waals surface area contributed by atoms with Gasteiger partial charge in [0.05, 0.1) is 5.75 Å². The Morgan fingerprint density at radius 2 is 1.19 bits per heavy atom. The summed E-state index contributed by atoms with van der Waals surface area (Å²) in [7, 11) is -2.13. The zero-order valence-electron chi connectivity index (χ0n) is 14.8. The molecular formula is C22H20N2OPS+. The first-order valence-electron chi connectivity index (χ1n) is 8.78. The molecule has 0 spiro atoms. The van der Waals surface area contributed by atoms with E-state index in [1.807, 2.05) is 18.2 Å². The SMILES string of the molecule is N=C1SCC(=O)N1C[P+](c1ccccc1)(c1ccccc1)c1ccccc1. The van der Waals surface area contributed by atoms with Gasteiger partial charge >= 0.3 is 0 Å². The Morgan fingerprint density at radius 1 is 0.778 bits per heavy atom. The van der Waals surface area contributed by atoms with Crippen molar-refractivity contribution in [1.82, 2.24) is 4.90 Å². The largest absolute Gasteiger partial charge is 0.278 e. The lowest BCUT2D eigenvalue weighted by Crippen LogP contribution is -2.41. The third-order valence-corrected chi connectivity index (χ3v) is 9.95. The smallest absolute Gasteiger partial charge is 0.241 e. The van der Waals surface area contributed by atoms with Crippen LogP contribution in [0.3, 0.4) is 0 Å². The lowest BCUT2D eigenvalue weighted by Gasteiger charge is -2.30. The van der Waals surface area contributed by atoms with Gasteiger partial charge in [0.15, 0.2) is 11.5 Å². The Hall–Kier alpha value is -2.42. The monoisotopic (exact) mass is 391 g/mol. The summed E-state index contributed by atoms with van der Waals surface area (Å²) in [5.74, 6) is 0.383. The van der Waals surface area contributed by atoms with Crippen molar-refractivity contribution in [1.29, 1.82) is 5.41 Å². The van der Waals surface area contributed by atoms with Gasteiger partial charge in [0.25, 0.3) is 0 Å². The van der Waals surface area contributed by atoms with E-state index < -0.39 is 7.26 Å². The van der Waals surface area contributed by atoms with E-state index in [1.54, 1.807) is 4.90 Å². The van der Waals surface area contributed by atoms with Crippen molar-refractivity contribution in [2.45, 2.75) is 0 Å². The maximum absolute atomic E-state index is 12.5. The number of amidine groups is 1. The van der Waals surface area contributed by atoms with Gasteiger partial charge in [-0.15, -0.1) is 0 Å². The Labute approximate surface area is 164 Å². The van der Waals surface area contributed by atoms with E-state index in [0.717, 1.165) is 0 Å². The Bertz CT molecular complexity index is 835. The van der Waals surface area contributed by atoms with Crippen molar-refractivity contribution >= 4 is 46.0 Å². The van der Waals surface area contributed by atoms with Crippen molar-refractivity contribution in [3.8, 4) is 0 Å². The van der Waals surface area contributed by atoms with E-state index in [0.29, 0.717) is 17.2 Å². The fourth-order valence-corrected chi connectivity index (χ4v) is 8.48. The number of rotatable bonds is 5. The third kappa shape index (κ3) is 3.31. The number of nitrogens with zero attached hydrogens (tertiary/aromatic N) is 1. The van der Waals surface area contributed by atoms with Crippen LogP contribution in [0.5, 0.6) is 0 Å². The number of amides is 1. The number of hydrogen-bond donors (Lipinski definition) is 1. The van der Waals surface area contributed by atoms with Gasteiger partial charge in [-0.2, -0.15) is 0 Å². The van der Waals surface area contributed by atoms with Gasteiger partial charge in [0.2, 0.25) is 5.91 Å². The number of benzene rings is 3. The summed E-state index contributed by atoms with van der Waals surface area (Å²) in [6.45, 7) is 0. The summed E-state index contributed by atoms with van der Waals surface area (Å²) in [6, 6.07) is 31.4. The Balaban J connectivity index is 1.97. The van der Waals surface area contributed by atoms with E-state index in [2.05, 4.69) is 72.8 Å². The topological polar surface area (TPSA) is 44.2 Å². The van der Waals surface area contributed by atoms with Gasteiger partial charge in [-0.25, -0.2) is 0 Å². The molecular weight excluding hydrogens is 371 g/mol. The molecule has 3 aromatic rings. The molecule has 1 heterocycles. The second-order valence-corrected chi connectivity index (χ2v) is 10.8. The normalized spacial score (nSPS) is 14.6. The van der Waals surface area contributed by atoms with Crippen LogP contribution >= 0.6 is 19.0 Å². The number of hydrogen-bond acceptors (Lipinski definition) is 3. The fraction of sp³-hybridized carbons (Fsp3) is 0.0909. The molecule has 0 unspecified atom stereocenters. The summed E-state index contributed by atoms with van der Waals surface area (Å²) < 4.78 is 0. The number of carbonyl (C=O) groups excluding carboxylic acids is 1. The van der Waals surface area contributed by atoms with Gasteiger partial charge in [-0.1, -0.05) is 66.4 Å². The quantitative estimate of drug-likeness (QED) is 0.677. The number of carbonyl (C=O) groups is 1. The average molecular weight is 391 g/mol. The number of nitrogens with one attached hydrogen (secondary N) is 1. The fourth-order valence-electron chi connectivity index (χ4n) is 3.49. The highest BCUT2D eigenvalue weighted by Crippen LogP contribution is 2.56. The molecule has 4 rings (SSSR count). The lowest BCUT2D eigenvalue weighted by atomic mass is 10.4. The van der Waals surface area contributed by atoms with Crippen molar-refractivity contribution in [2.75, 3.05) is 12.0 Å². The maximum atomic E-state index is 12.5. The van der Waals surface area contributed by atoms with E-state index in [4.69, 9.17) is 5.41 Å². The van der Waals surface area contributed by atoms with Crippen molar-refractivity contribution in [3.05, 3.63) is 91.0 Å². The minimum atomic E-state index is -2.13. The minimum absolute atomic E-state index is 0.0252. The standard InChI is InChI=1S/C22H20N2OPS/c23-22-24(21(25)16-27-22)17-26(18-10-4-1-5-11-18,19-12-6-2-7-13-19)20-14-8-3-9-15-20/h1-15,23H,16-17H2/q+1. The molecule has 1 N–H and O–H groups in total. The molecule has 134 valence electrons. The molecule has 1 amide bonds. The van der Waals surface area contributed by atoms with Gasteiger partial charge < -0.3 is 0 Å². The van der Waals surface area contributed by atoms with Crippen LogP contribution in [0, 0.1) is 5.41 Å². The van der Waals surface area contributed by atoms with Crippen LogP contribution in [0.15, 0.2) is 91.0 Å². The molecule has 0 aromatic heterocycles. The zero-order valence-corrected chi connectivity index (χ0v) is 16.5. The van der Waals surface area contributed by atoms with Crippen LogP contribution in [0.4, 0.5) is 0 Å². The van der Waals surface area contributed by atoms with Crippen LogP contribution in [0.25, 0.3) is 0 Å². The molecule has 1 aliphatic rings. The first-order chi connectivity index (χ1) is 13.2. The van der Waals surface area contributed by atoms with Crippen LogP contribution in [0.1, 0.15) is 0 Å². The second kappa shape index (κ2) is 7.67. The van der Waals surface area contributed by atoms with Gasteiger partial charge in [0.1, 0.15) is 23.2 Å². The zero-order chi connectivity index (χ0) is 18.7. The molecule has 0 bridgehead atoms. The molecule has 3 aromatic carbocycles. The first kappa shape index (κ1) is 18.0. The summed E-state index contributed by atoms with van der Waals surface area (Å²) in [5.41, 5.74) is 0. The van der Waals surface area contributed by atoms with Crippen LogP contribution < -0.4 is 15.9 Å². The molecule has 0 atom stereocenters. The average Bonchev–Trinajstić information content (AvgIpc) is 3.05. The van der Waals surface area contributed by atoms with Crippen molar-refractivity contribution in [2.24, 2.45) is 0 Å². The van der Waals surface area contributed by atoms with Crippen LogP contribution in [-0.2, 0) is 4.79 Å².